The molecule has 3 aromatic heterocycles. The fraction of sp³-hybridized carbons (Fsp3) is 0.130. The number of benzene rings is 2. The first kappa shape index (κ1) is 17.0. The average Bonchev–Trinajstić information content (AvgIpc) is 3.33. The van der Waals surface area contributed by atoms with Crippen LogP contribution >= 0.6 is 11.3 Å². The molecule has 138 valence electrons. The zero-order valence-corrected chi connectivity index (χ0v) is 16.7. The Morgan fingerprint density at radius 2 is 1.82 bits per heavy atom. The van der Waals surface area contributed by atoms with E-state index in [0.29, 0.717) is 4.53 Å². The highest BCUT2D eigenvalue weighted by atomic mass is 32.1. The minimum atomic E-state index is -0.0113. The first-order chi connectivity index (χ1) is 13.5. The molecule has 0 atom stereocenters. The highest BCUT2D eigenvalue weighted by Crippen LogP contribution is 2.21. The summed E-state index contributed by atoms with van der Waals surface area (Å²) in [5.41, 5.74) is 7.36. The largest absolute Gasteiger partial charge is 0.317 e. The van der Waals surface area contributed by atoms with Crippen molar-refractivity contribution in [2.75, 3.05) is 0 Å². The van der Waals surface area contributed by atoms with E-state index in [9.17, 15) is 4.79 Å². The van der Waals surface area contributed by atoms with Crippen LogP contribution in [0.3, 0.4) is 0 Å². The van der Waals surface area contributed by atoms with Gasteiger partial charge >= 0.3 is 0 Å². The third-order valence-electron chi connectivity index (χ3n) is 5.19. The zero-order valence-electron chi connectivity index (χ0n) is 15.9. The highest BCUT2D eigenvalue weighted by molar-refractivity contribution is 7.15. The maximum atomic E-state index is 13.1. The number of nitrogens with zero attached hydrogens (tertiary/aromatic N) is 3. The van der Waals surface area contributed by atoms with Crippen molar-refractivity contribution in [1.82, 2.24) is 14.0 Å². The molecule has 0 N–H and O–H groups in total. The van der Waals surface area contributed by atoms with Crippen LogP contribution in [0.2, 0.25) is 0 Å². The first-order valence-corrected chi connectivity index (χ1v) is 10.0. The number of thiazole rings is 1. The van der Waals surface area contributed by atoms with Crippen molar-refractivity contribution >= 4 is 33.4 Å². The molecule has 28 heavy (non-hydrogen) atoms. The number of rotatable bonds is 2. The summed E-state index contributed by atoms with van der Waals surface area (Å²) in [5, 5.41) is 0. The quantitative estimate of drug-likeness (QED) is 0.457. The number of aryl methyl sites for hydroxylation is 3. The van der Waals surface area contributed by atoms with Gasteiger partial charge in [0, 0.05) is 17.6 Å². The predicted octanol–water partition coefficient (Wildman–Crippen LogP) is 4.17. The van der Waals surface area contributed by atoms with Gasteiger partial charge in [-0.2, -0.15) is 0 Å². The molecule has 0 aliphatic carbocycles. The third-order valence-corrected chi connectivity index (χ3v) is 6.16. The average molecular weight is 385 g/mol. The van der Waals surface area contributed by atoms with E-state index < -0.39 is 0 Å². The summed E-state index contributed by atoms with van der Waals surface area (Å²) >= 11 is 1.44. The zero-order chi connectivity index (χ0) is 19.4. The molecule has 0 fully saturated rings. The van der Waals surface area contributed by atoms with Gasteiger partial charge in [-0.25, -0.2) is 9.38 Å². The lowest BCUT2D eigenvalue weighted by Gasteiger charge is -2.07. The van der Waals surface area contributed by atoms with Crippen molar-refractivity contribution in [3.05, 3.63) is 92.0 Å². The first-order valence-electron chi connectivity index (χ1n) is 9.19. The molecular formula is C23H19N3OS. The summed E-state index contributed by atoms with van der Waals surface area (Å²) in [6.45, 7) is 6.21. The fourth-order valence-corrected chi connectivity index (χ4v) is 4.55. The van der Waals surface area contributed by atoms with Crippen LogP contribution in [0.4, 0.5) is 0 Å². The summed E-state index contributed by atoms with van der Waals surface area (Å²) in [4.78, 5) is 18.5. The van der Waals surface area contributed by atoms with E-state index in [1.165, 1.54) is 28.0 Å². The van der Waals surface area contributed by atoms with Crippen LogP contribution in [-0.4, -0.2) is 14.0 Å². The number of hydrogen-bond acceptors (Lipinski definition) is 3. The van der Waals surface area contributed by atoms with Crippen molar-refractivity contribution in [1.29, 1.82) is 0 Å². The van der Waals surface area contributed by atoms with Crippen molar-refractivity contribution in [2.24, 2.45) is 0 Å². The van der Waals surface area contributed by atoms with Crippen LogP contribution in [0.1, 0.15) is 22.4 Å². The molecule has 0 aliphatic heterocycles. The third kappa shape index (κ3) is 2.59. The molecule has 0 saturated carbocycles. The van der Waals surface area contributed by atoms with Crippen molar-refractivity contribution in [3.63, 3.8) is 0 Å². The van der Waals surface area contributed by atoms with E-state index in [-0.39, 0.29) is 5.56 Å². The fourth-order valence-electron chi connectivity index (χ4n) is 3.58. The number of aromatic nitrogens is 3. The maximum absolute atomic E-state index is 13.1. The summed E-state index contributed by atoms with van der Waals surface area (Å²) in [7, 11) is 0. The van der Waals surface area contributed by atoms with Gasteiger partial charge in [0.25, 0.3) is 5.56 Å². The maximum Gasteiger partial charge on any atom is 0.275 e. The molecule has 0 amide bonds. The lowest BCUT2D eigenvalue weighted by molar-refractivity contribution is 1.06. The Morgan fingerprint density at radius 1 is 1.00 bits per heavy atom. The van der Waals surface area contributed by atoms with E-state index >= 15 is 0 Å². The number of fused-ring (bicyclic) bond motifs is 3. The number of hydrogen-bond donors (Lipinski definition) is 0. The molecule has 0 unspecified atom stereocenters. The van der Waals surface area contributed by atoms with Gasteiger partial charge in [-0.3, -0.25) is 4.79 Å². The molecule has 2 aromatic carbocycles. The smallest absolute Gasteiger partial charge is 0.275 e. The van der Waals surface area contributed by atoms with E-state index in [1.807, 2.05) is 30.5 Å². The Balaban J connectivity index is 1.72. The molecule has 0 spiro atoms. The highest BCUT2D eigenvalue weighted by Gasteiger charge is 2.13. The van der Waals surface area contributed by atoms with Crippen molar-refractivity contribution in [2.45, 2.75) is 20.8 Å². The van der Waals surface area contributed by atoms with Gasteiger partial charge < -0.3 is 4.57 Å². The van der Waals surface area contributed by atoms with Crippen LogP contribution in [0.15, 0.2) is 59.5 Å². The lowest BCUT2D eigenvalue weighted by atomic mass is 10.1. The van der Waals surface area contributed by atoms with E-state index in [0.717, 1.165) is 27.4 Å². The monoisotopic (exact) mass is 385 g/mol. The molecule has 0 saturated heterocycles. The second-order valence-corrected chi connectivity index (χ2v) is 8.22. The minimum Gasteiger partial charge on any atom is -0.317 e. The summed E-state index contributed by atoms with van der Waals surface area (Å²) in [6.07, 6.45) is 3.97. The van der Waals surface area contributed by atoms with Gasteiger partial charge in [0.05, 0.1) is 15.6 Å². The van der Waals surface area contributed by atoms with E-state index in [2.05, 4.69) is 60.7 Å². The minimum absolute atomic E-state index is 0.0113. The molecule has 4 nitrogen and oxygen atoms in total. The van der Waals surface area contributed by atoms with Crippen molar-refractivity contribution in [3.8, 4) is 5.69 Å². The predicted molar refractivity (Wildman–Crippen MR) is 116 cm³/mol. The Morgan fingerprint density at radius 3 is 2.64 bits per heavy atom. The van der Waals surface area contributed by atoms with Gasteiger partial charge in [-0.05, 0) is 79.9 Å². The van der Waals surface area contributed by atoms with Gasteiger partial charge in [-0.15, -0.1) is 0 Å². The Bertz CT molecular complexity index is 1470. The van der Waals surface area contributed by atoms with Gasteiger partial charge in [0.2, 0.25) is 0 Å². The Hall–Kier alpha value is -3.18. The molecule has 0 radical (unpaired) electrons. The molecule has 0 bridgehead atoms. The summed E-state index contributed by atoms with van der Waals surface area (Å²) in [5.74, 6) is 0. The second-order valence-electron chi connectivity index (χ2n) is 7.21. The van der Waals surface area contributed by atoms with Crippen LogP contribution < -0.4 is 10.1 Å². The molecule has 5 aromatic rings. The van der Waals surface area contributed by atoms with Crippen molar-refractivity contribution < 1.29 is 0 Å². The van der Waals surface area contributed by atoms with Gasteiger partial charge in [-0.1, -0.05) is 23.5 Å². The van der Waals surface area contributed by atoms with E-state index in [4.69, 9.17) is 0 Å². The Kier molecular flexibility index (Phi) is 3.74. The van der Waals surface area contributed by atoms with E-state index in [1.54, 1.807) is 4.40 Å². The van der Waals surface area contributed by atoms with Crippen LogP contribution in [0.5, 0.6) is 0 Å². The van der Waals surface area contributed by atoms with Gasteiger partial charge in [0.15, 0.2) is 4.96 Å². The lowest BCUT2D eigenvalue weighted by Crippen LogP contribution is -2.23. The summed E-state index contributed by atoms with van der Waals surface area (Å²) < 4.78 is 4.52. The summed E-state index contributed by atoms with van der Waals surface area (Å²) in [6, 6.07) is 16.5. The second kappa shape index (κ2) is 6.17. The molecule has 5 heteroatoms. The van der Waals surface area contributed by atoms with Crippen LogP contribution in [0.25, 0.3) is 27.8 Å². The molecule has 0 aliphatic rings. The molecule has 3 heterocycles. The van der Waals surface area contributed by atoms with Crippen LogP contribution in [-0.2, 0) is 0 Å². The Labute approximate surface area is 166 Å². The topological polar surface area (TPSA) is 39.3 Å². The van der Waals surface area contributed by atoms with Crippen LogP contribution in [0, 0.1) is 20.8 Å². The van der Waals surface area contributed by atoms with Gasteiger partial charge in [0.1, 0.15) is 0 Å². The molecule has 5 rings (SSSR count). The SMILES string of the molecule is Cc1cccc(-n2cccc2/C=c2\sc3nc4cc(C)c(C)cc4n3c2=O)c1. The normalized spacial score (nSPS) is 12.5. The standard InChI is InChI=1S/C23H19N3OS/c1-14-6-4-7-17(10-14)25-9-5-8-18(25)13-21-22(27)26-20-12-16(3)15(2)11-19(20)24-23(26)28-21/h4-13H,1-3H3/b21-13-. The number of imidazole rings is 1. The molecular weight excluding hydrogens is 366 g/mol.